The molecular formula is C48H61N8O7P. The van der Waals surface area contributed by atoms with Crippen molar-refractivity contribution in [3.8, 4) is 17.6 Å². The lowest BCUT2D eigenvalue weighted by atomic mass is 9.76. The highest BCUT2D eigenvalue weighted by Gasteiger charge is 2.61. The number of imidazole rings is 1. The Balaban J connectivity index is 1.59. The first kappa shape index (κ1) is 48.1. The third-order valence-corrected chi connectivity index (χ3v) is 13.1. The van der Waals surface area contributed by atoms with Gasteiger partial charge in [0.15, 0.2) is 28.4 Å². The number of rotatable bonds is 20. The molecule has 1 saturated heterocycles. The van der Waals surface area contributed by atoms with E-state index in [0.29, 0.717) is 28.5 Å². The van der Waals surface area contributed by atoms with Crippen LogP contribution in [-0.4, -0.2) is 107 Å². The first-order valence-electron chi connectivity index (χ1n) is 21.4. The van der Waals surface area contributed by atoms with Crippen molar-refractivity contribution in [1.82, 2.24) is 29.1 Å². The molecular weight excluding hydrogens is 832 g/mol. The number of ketones is 1. The largest absolute Gasteiger partial charge is 0.497 e. The molecule has 15 nitrogen and oxygen atoms in total. The maximum atomic E-state index is 15.7. The second-order valence-corrected chi connectivity index (χ2v) is 18.8. The van der Waals surface area contributed by atoms with E-state index in [1.165, 1.54) is 6.33 Å². The van der Waals surface area contributed by atoms with E-state index in [1.54, 1.807) is 36.4 Å². The van der Waals surface area contributed by atoms with Crippen LogP contribution >= 0.6 is 8.53 Å². The maximum Gasteiger partial charge on any atom is 0.259 e. The van der Waals surface area contributed by atoms with Gasteiger partial charge < -0.3 is 32.9 Å². The van der Waals surface area contributed by atoms with Gasteiger partial charge in [-0.05, 0) is 68.7 Å². The molecule has 4 atom stereocenters. The quantitative estimate of drug-likeness (QED) is 0.0240. The average molecular weight is 893 g/mol. The van der Waals surface area contributed by atoms with Gasteiger partial charge in [-0.15, -0.1) is 0 Å². The Kier molecular flexibility index (Phi) is 15.5. The number of fused-ring (bicyclic) bond motifs is 1. The number of aliphatic imine (C=N–C) groups is 1. The number of benzene rings is 3. The summed E-state index contributed by atoms with van der Waals surface area (Å²) >= 11 is 0. The highest BCUT2D eigenvalue weighted by molar-refractivity contribution is 7.44. The van der Waals surface area contributed by atoms with Crippen LogP contribution in [0.2, 0.25) is 0 Å². The molecule has 3 aromatic carbocycles. The number of hydrogen-bond acceptors (Lipinski definition) is 13. The van der Waals surface area contributed by atoms with Crippen LogP contribution < -0.4 is 9.47 Å². The molecule has 16 heteroatoms. The van der Waals surface area contributed by atoms with Crippen LogP contribution in [0.4, 0.5) is 5.82 Å². The fourth-order valence-corrected chi connectivity index (χ4v) is 9.85. The number of ether oxygens (including phenoxy) is 4. The molecule has 0 amide bonds. The Morgan fingerprint density at radius 3 is 2.06 bits per heavy atom. The van der Waals surface area contributed by atoms with E-state index < -0.39 is 37.5 Å². The van der Waals surface area contributed by atoms with Crippen molar-refractivity contribution in [2.75, 3.05) is 41.5 Å². The van der Waals surface area contributed by atoms with Gasteiger partial charge in [0.1, 0.15) is 35.8 Å². The summed E-state index contributed by atoms with van der Waals surface area (Å²) in [5.41, 5.74) is -0.699. The molecule has 3 heterocycles. The van der Waals surface area contributed by atoms with Gasteiger partial charge in [-0.3, -0.25) is 9.36 Å². The topological polar surface area (TPSA) is 159 Å². The normalized spacial score (nSPS) is 18.6. The molecule has 5 aromatic rings. The zero-order chi connectivity index (χ0) is 46.2. The molecule has 0 radical (unpaired) electrons. The fraction of sp³-hybridized carbons (Fsp3) is 0.458. The Bertz CT molecular complexity index is 2320. The van der Waals surface area contributed by atoms with Crippen molar-refractivity contribution in [1.29, 1.82) is 5.26 Å². The van der Waals surface area contributed by atoms with E-state index in [9.17, 15) is 5.26 Å². The van der Waals surface area contributed by atoms with E-state index >= 15 is 4.79 Å². The van der Waals surface area contributed by atoms with Crippen LogP contribution in [0.15, 0.2) is 96.5 Å². The summed E-state index contributed by atoms with van der Waals surface area (Å²) in [7, 11) is 5.13. The lowest BCUT2D eigenvalue weighted by molar-refractivity contribution is -0.182. The molecule has 6 rings (SSSR count). The number of aromatic nitrogens is 4. The number of carbonyl (C=O) groups excluding carboxylic acids is 1. The molecule has 340 valence electrons. The number of carbonyl (C=O) groups is 1. The minimum atomic E-state index is -1.86. The SMILES string of the molecule is COc1ccc(C(OC[C@@]2(C(=O)C(C)(C)C)O[C@@H](n3cnc4c(/N=C/N(C)C)ncnc43)C[C@@H]2OP(OCCC#N)N(C(C)C)C(C)C)(c2ccccc2)c2ccc(OC)cc2)cc1. The summed E-state index contributed by atoms with van der Waals surface area (Å²) in [5.74, 6) is 1.50. The van der Waals surface area contributed by atoms with Gasteiger partial charge in [-0.2, -0.15) is 5.26 Å². The molecule has 1 fully saturated rings. The summed E-state index contributed by atoms with van der Waals surface area (Å²) < 4.78 is 43.8. The van der Waals surface area contributed by atoms with Crippen LogP contribution in [0.5, 0.6) is 11.5 Å². The van der Waals surface area contributed by atoms with E-state index in [1.807, 2.05) is 114 Å². The van der Waals surface area contributed by atoms with Gasteiger partial charge in [-0.25, -0.2) is 24.6 Å². The third kappa shape index (κ3) is 10.1. The zero-order valence-corrected chi connectivity index (χ0v) is 39.7. The minimum absolute atomic E-state index is 0.0124. The second kappa shape index (κ2) is 20.7. The molecule has 0 bridgehead atoms. The van der Waals surface area contributed by atoms with Crippen molar-refractivity contribution < 1.29 is 32.8 Å². The van der Waals surface area contributed by atoms with Crippen molar-refractivity contribution in [2.24, 2.45) is 10.4 Å². The van der Waals surface area contributed by atoms with Gasteiger partial charge in [0.25, 0.3) is 8.53 Å². The summed E-state index contributed by atoms with van der Waals surface area (Å²) in [6, 6.07) is 27.5. The zero-order valence-electron chi connectivity index (χ0n) is 38.8. The summed E-state index contributed by atoms with van der Waals surface area (Å²) in [6.07, 6.45) is 3.31. The van der Waals surface area contributed by atoms with Crippen LogP contribution in [-0.2, 0) is 28.9 Å². The first-order valence-corrected chi connectivity index (χ1v) is 22.6. The van der Waals surface area contributed by atoms with Gasteiger partial charge >= 0.3 is 0 Å². The van der Waals surface area contributed by atoms with Crippen molar-refractivity contribution in [3.05, 3.63) is 108 Å². The van der Waals surface area contributed by atoms with Crippen LogP contribution in [0.1, 0.15) is 84.2 Å². The molecule has 1 aliphatic rings. The Labute approximate surface area is 378 Å². The number of Topliss-reactive ketones (excluding diaryl/α,β-unsaturated/α-hetero) is 1. The predicted molar refractivity (Wildman–Crippen MR) is 247 cm³/mol. The van der Waals surface area contributed by atoms with Crippen LogP contribution in [0.3, 0.4) is 0 Å². The molecule has 2 aromatic heterocycles. The van der Waals surface area contributed by atoms with E-state index in [4.69, 9.17) is 33.0 Å². The predicted octanol–water partition coefficient (Wildman–Crippen LogP) is 9.01. The smallest absolute Gasteiger partial charge is 0.259 e. The van der Waals surface area contributed by atoms with Gasteiger partial charge in [0.2, 0.25) is 0 Å². The highest BCUT2D eigenvalue weighted by Crippen LogP contribution is 2.55. The van der Waals surface area contributed by atoms with E-state index in [0.717, 1.165) is 16.7 Å². The average Bonchev–Trinajstić information content (AvgIpc) is 3.88. The standard InChI is InChI=1S/C48H61N8O7P/c1-33(2)56(34(3)4)64(61-27-15-26-49)63-40-28-41(55-32-52-42-43(53-31-54(8)9)50-30-51-44(42)55)62-47(40,45(57)46(5,6)7)29-60-48(35-16-13-12-14-17-35,36-18-22-38(58-10)23-19-36)37-20-24-39(59-11)25-21-37/h12-14,16-25,30-34,40-41H,15,27-29H2,1-11H3/b53-31+/t40-,41+,47+,64?/m0/s1. The lowest BCUT2D eigenvalue weighted by Crippen LogP contribution is -2.57. The van der Waals surface area contributed by atoms with Gasteiger partial charge in [-0.1, -0.05) is 75.4 Å². The summed E-state index contributed by atoms with van der Waals surface area (Å²) in [6.45, 7) is 13.8. The number of hydrogen-bond donors (Lipinski definition) is 0. The Morgan fingerprint density at radius 1 is 0.938 bits per heavy atom. The first-order chi connectivity index (χ1) is 30.6. The van der Waals surface area contributed by atoms with Crippen molar-refractivity contribution in [3.63, 3.8) is 0 Å². The number of nitrogens with zero attached hydrogens (tertiary/aromatic N) is 8. The molecule has 0 spiro atoms. The molecule has 64 heavy (non-hydrogen) atoms. The summed E-state index contributed by atoms with van der Waals surface area (Å²) in [4.78, 5) is 35.8. The lowest BCUT2D eigenvalue weighted by Gasteiger charge is -2.44. The highest BCUT2D eigenvalue weighted by atomic mass is 31.2. The molecule has 0 N–H and O–H groups in total. The van der Waals surface area contributed by atoms with Crippen molar-refractivity contribution >= 4 is 37.6 Å². The molecule has 0 aliphatic carbocycles. The molecule has 1 aliphatic heterocycles. The summed E-state index contributed by atoms with van der Waals surface area (Å²) in [5, 5.41) is 9.56. The molecule has 1 unspecified atom stereocenters. The monoisotopic (exact) mass is 892 g/mol. The van der Waals surface area contributed by atoms with E-state index in [-0.39, 0.29) is 43.9 Å². The van der Waals surface area contributed by atoms with Gasteiger partial charge in [0, 0.05) is 38.0 Å². The van der Waals surface area contributed by atoms with E-state index in [2.05, 4.69) is 53.4 Å². The maximum absolute atomic E-state index is 15.7. The number of nitriles is 1. The Morgan fingerprint density at radius 2 is 1.53 bits per heavy atom. The van der Waals surface area contributed by atoms with Crippen LogP contribution in [0.25, 0.3) is 11.2 Å². The second-order valence-electron chi connectivity index (χ2n) is 17.4. The number of methoxy groups -OCH3 is 2. The van der Waals surface area contributed by atoms with Crippen LogP contribution in [0, 0.1) is 16.7 Å². The Hall–Kier alpha value is -5.33. The fourth-order valence-electron chi connectivity index (χ4n) is 8.07. The third-order valence-electron chi connectivity index (χ3n) is 11.0. The van der Waals surface area contributed by atoms with Crippen molar-refractivity contribution in [2.45, 2.75) is 96.9 Å². The molecule has 0 saturated carbocycles. The van der Waals surface area contributed by atoms with Gasteiger partial charge in [0.05, 0.1) is 52.6 Å². The minimum Gasteiger partial charge on any atom is -0.497 e.